The Bertz CT molecular complexity index is 412. The molecule has 0 fully saturated rings. The Morgan fingerprint density at radius 2 is 1.92 bits per heavy atom. The van der Waals surface area contributed by atoms with Crippen LogP contribution in [0.25, 0.3) is 5.95 Å². The maximum absolute atomic E-state index is 9.30. The summed E-state index contributed by atoms with van der Waals surface area (Å²) in [6, 6.07) is 2.72. The van der Waals surface area contributed by atoms with E-state index in [0.717, 1.165) is 4.57 Å². The summed E-state index contributed by atoms with van der Waals surface area (Å²) in [6.07, 6.45) is 0. The van der Waals surface area contributed by atoms with Crippen molar-refractivity contribution in [2.24, 2.45) is 0 Å². The molecule has 6 heteroatoms. The van der Waals surface area contributed by atoms with Crippen molar-refractivity contribution in [3.8, 4) is 17.7 Å². The van der Waals surface area contributed by atoms with Gasteiger partial charge in [0.15, 0.2) is 0 Å². The highest BCUT2D eigenvalue weighted by Gasteiger charge is 2.11. The Kier molecular flexibility index (Phi) is 1.48. The van der Waals surface area contributed by atoms with E-state index >= 15 is 0 Å². The number of nitrogens with zero attached hydrogens (tertiary/aromatic N) is 3. The first-order valence-electron chi connectivity index (χ1n) is 3.67. The largest absolute Gasteiger partial charge is 0.494 e. The van der Waals surface area contributed by atoms with Gasteiger partial charge in [0, 0.05) is 12.1 Å². The van der Waals surface area contributed by atoms with Gasteiger partial charge in [0.1, 0.15) is 5.82 Å². The van der Waals surface area contributed by atoms with Gasteiger partial charge in [-0.1, -0.05) is 0 Å². The molecular formula is C7H8N4O2. The predicted octanol–water partition coefficient (Wildman–Crippen LogP) is 0.315. The number of aromatic nitrogens is 4. The molecule has 0 aliphatic heterocycles. The van der Waals surface area contributed by atoms with E-state index in [-0.39, 0.29) is 17.7 Å². The Balaban J connectivity index is 2.57. The molecule has 0 aromatic carbocycles. The van der Waals surface area contributed by atoms with Gasteiger partial charge >= 0.3 is 0 Å². The van der Waals surface area contributed by atoms with Crippen LogP contribution in [-0.4, -0.2) is 30.0 Å². The van der Waals surface area contributed by atoms with Gasteiger partial charge in [-0.3, -0.25) is 5.10 Å². The third-order valence-corrected chi connectivity index (χ3v) is 1.63. The van der Waals surface area contributed by atoms with Crippen LogP contribution >= 0.6 is 0 Å². The molecule has 3 N–H and O–H groups in total. The second-order valence-electron chi connectivity index (χ2n) is 2.61. The van der Waals surface area contributed by atoms with E-state index in [1.165, 1.54) is 12.1 Å². The fourth-order valence-electron chi connectivity index (χ4n) is 1.05. The molecule has 0 aliphatic carbocycles. The summed E-state index contributed by atoms with van der Waals surface area (Å²) in [5.41, 5.74) is 0. The summed E-state index contributed by atoms with van der Waals surface area (Å²) in [5, 5.41) is 25.0. The van der Waals surface area contributed by atoms with Crippen molar-refractivity contribution in [3.05, 3.63) is 18.0 Å². The van der Waals surface area contributed by atoms with E-state index in [4.69, 9.17) is 0 Å². The zero-order chi connectivity index (χ0) is 9.42. The standard InChI is InChI=1S/C7H8N4O2/c1-4-8-7(10-9-4)11-5(12)2-3-6(11)13/h2-3,12-13H,1H3,(H,8,9,10). The van der Waals surface area contributed by atoms with Crippen molar-refractivity contribution in [1.29, 1.82) is 0 Å². The Morgan fingerprint density at radius 3 is 2.38 bits per heavy atom. The van der Waals surface area contributed by atoms with Gasteiger partial charge in [-0.05, 0) is 6.92 Å². The lowest BCUT2D eigenvalue weighted by Crippen LogP contribution is -1.94. The van der Waals surface area contributed by atoms with E-state index in [1.54, 1.807) is 6.92 Å². The smallest absolute Gasteiger partial charge is 0.258 e. The van der Waals surface area contributed by atoms with Gasteiger partial charge < -0.3 is 10.2 Å². The average Bonchev–Trinajstić information content (AvgIpc) is 2.60. The number of aromatic hydroxyl groups is 2. The van der Waals surface area contributed by atoms with Gasteiger partial charge in [0.05, 0.1) is 0 Å². The minimum atomic E-state index is -0.100. The Hall–Kier alpha value is -1.98. The number of aryl methyl sites for hydroxylation is 1. The topological polar surface area (TPSA) is 87.0 Å². The van der Waals surface area contributed by atoms with E-state index < -0.39 is 0 Å². The van der Waals surface area contributed by atoms with Crippen LogP contribution in [0.1, 0.15) is 5.82 Å². The molecule has 0 spiro atoms. The number of hydrogen-bond donors (Lipinski definition) is 3. The number of nitrogens with one attached hydrogen (secondary N) is 1. The van der Waals surface area contributed by atoms with E-state index in [2.05, 4.69) is 15.2 Å². The lowest BCUT2D eigenvalue weighted by molar-refractivity contribution is 0.399. The Labute approximate surface area is 73.5 Å². The SMILES string of the molecule is Cc1nc(-n2c(O)ccc2O)n[nH]1. The zero-order valence-electron chi connectivity index (χ0n) is 6.89. The predicted molar refractivity (Wildman–Crippen MR) is 43.8 cm³/mol. The van der Waals surface area contributed by atoms with E-state index in [9.17, 15) is 10.2 Å². The number of H-pyrrole nitrogens is 1. The second-order valence-corrected chi connectivity index (χ2v) is 2.61. The number of aromatic amines is 1. The average molecular weight is 180 g/mol. The summed E-state index contributed by atoms with van der Waals surface area (Å²) in [6.45, 7) is 1.73. The number of hydrogen-bond acceptors (Lipinski definition) is 4. The molecule has 0 saturated heterocycles. The Morgan fingerprint density at radius 1 is 1.31 bits per heavy atom. The molecule has 0 atom stereocenters. The first-order chi connectivity index (χ1) is 6.18. The molecular weight excluding hydrogens is 172 g/mol. The third-order valence-electron chi connectivity index (χ3n) is 1.63. The van der Waals surface area contributed by atoms with Crippen molar-refractivity contribution in [2.75, 3.05) is 0 Å². The minimum Gasteiger partial charge on any atom is -0.494 e. The lowest BCUT2D eigenvalue weighted by Gasteiger charge is -1.98. The van der Waals surface area contributed by atoms with Gasteiger partial charge in [-0.2, -0.15) is 4.98 Å². The first-order valence-corrected chi connectivity index (χ1v) is 3.67. The molecule has 13 heavy (non-hydrogen) atoms. The van der Waals surface area contributed by atoms with Crippen molar-refractivity contribution >= 4 is 0 Å². The molecule has 0 aliphatic rings. The van der Waals surface area contributed by atoms with Crippen molar-refractivity contribution in [2.45, 2.75) is 6.92 Å². The highest BCUT2D eigenvalue weighted by molar-refractivity contribution is 5.33. The minimum absolute atomic E-state index is 0.100. The first kappa shape index (κ1) is 7.66. The van der Waals surface area contributed by atoms with Gasteiger partial charge in [0.2, 0.25) is 11.8 Å². The molecule has 2 aromatic rings. The summed E-state index contributed by atoms with van der Waals surface area (Å²) in [4.78, 5) is 3.95. The maximum atomic E-state index is 9.30. The fraction of sp³-hybridized carbons (Fsp3) is 0.143. The summed E-state index contributed by atoms with van der Waals surface area (Å²) >= 11 is 0. The van der Waals surface area contributed by atoms with Crippen molar-refractivity contribution < 1.29 is 10.2 Å². The second kappa shape index (κ2) is 2.51. The molecule has 0 radical (unpaired) electrons. The molecule has 0 saturated carbocycles. The van der Waals surface area contributed by atoms with Crippen LogP contribution in [0.4, 0.5) is 0 Å². The quantitative estimate of drug-likeness (QED) is 0.589. The van der Waals surface area contributed by atoms with Crippen LogP contribution in [0, 0.1) is 6.92 Å². The molecule has 0 unspecified atom stereocenters. The highest BCUT2D eigenvalue weighted by atomic mass is 16.3. The van der Waals surface area contributed by atoms with Crippen LogP contribution < -0.4 is 0 Å². The van der Waals surface area contributed by atoms with Crippen LogP contribution in [0.3, 0.4) is 0 Å². The normalized spacial score (nSPS) is 10.5. The molecule has 0 bridgehead atoms. The maximum Gasteiger partial charge on any atom is 0.258 e. The van der Waals surface area contributed by atoms with Crippen molar-refractivity contribution in [1.82, 2.24) is 19.7 Å². The van der Waals surface area contributed by atoms with Gasteiger partial charge in [0.25, 0.3) is 5.95 Å². The fourth-order valence-corrected chi connectivity index (χ4v) is 1.05. The van der Waals surface area contributed by atoms with Crippen LogP contribution in [-0.2, 0) is 0 Å². The number of rotatable bonds is 1. The van der Waals surface area contributed by atoms with E-state index in [1.807, 2.05) is 0 Å². The van der Waals surface area contributed by atoms with Gasteiger partial charge in [-0.15, -0.1) is 5.10 Å². The van der Waals surface area contributed by atoms with Crippen LogP contribution in [0.2, 0.25) is 0 Å². The molecule has 68 valence electrons. The van der Waals surface area contributed by atoms with E-state index in [0.29, 0.717) is 5.82 Å². The van der Waals surface area contributed by atoms with Crippen LogP contribution in [0.5, 0.6) is 11.8 Å². The monoisotopic (exact) mass is 180 g/mol. The zero-order valence-corrected chi connectivity index (χ0v) is 6.89. The van der Waals surface area contributed by atoms with Crippen molar-refractivity contribution in [3.63, 3.8) is 0 Å². The summed E-state index contributed by atoms with van der Waals surface area (Å²) in [7, 11) is 0. The third kappa shape index (κ3) is 1.12. The molecule has 2 rings (SSSR count). The van der Waals surface area contributed by atoms with Gasteiger partial charge in [-0.25, -0.2) is 4.57 Å². The lowest BCUT2D eigenvalue weighted by atomic mass is 10.6. The van der Waals surface area contributed by atoms with Crippen LogP contribution in [0.15, 0.2) is 12.1 Å². The molecule has 6 nitrogen and oxygen atoms in total. The summed E-state index contributed by atoms with van der Waals surface area (Å²) < 4.78 is 1.13. The summed E-state index contributed by atoms with van der Waals surface area (Å²) in [5.74, 6) is 0.632. The molecule has 2 heterocycles. The molecule has 2 aromatic heterocycles. The highest BCUT2D eigenvalue weighted by Crippen LogP contribution is 2.23. The molecule has 0 amide bonds.